The number of carbonyl (C=O) groups is 2. The Labute approximate surface area is 177 Å². The van der Waals surface area contributed by atoms with Crippen LogP contribution in [0.15, 0.2) is 29.5 Å². The van der Waals surface area contributed by atoms with Crippen molar-refractivity contribution in [2.75, 3.05) is 41.0 Å². The Kier molecular flexibility index (Phi) is 6.87. The van der Waals surface area contributed by atoms with E-state index in [0.717, 1.165) is 13.1 Å². The van der Waals surface area contributed by atoms with Crippen LogP contribution in [0.4, 0.5) is 4.79 Å². The molecule has 0 unspecified atom stereocenters. The molecule has 0 saturated carbocycles. The van der Waals surface area contributed by atoms with Gasteiger partial charge in [0.05, 0.1) is 32.9 Å². The van der Waals surface area contributed by atoms with E-state index in [4.69, 9.17) is 14.2 Å². The first-order valence-corrected chi connectivity index (χ1v) is 10.2. The first-order valence-electron chi connectivity index (χ1n) is 10.2. The standard InChI is InChI=1S/C22H31N3O5/c1-13-8-14(2)11-25(10-13)12-16-19(21(26)30-5)20(24-22(27)23-16)15-6-7-17(28-3)18(9-15)29-4/h6-7,9,13-14,20H,8,10-12H2,1-5H3,(H2,23,24,27)/t13-,14-,20-/m0/s1. The first-order chi connectivity index (χ1) is 14.4. The molecule has 0 bridgehead atoms. The quantitative estimate of drug-likeness (QED) is 0.692. The summed E-state index contributed by atoms with van der Waals surface area (Å²) in [6, 6.07) is 4.32. The molecule has 1 fully saturated rings. The fraction of sp³-hybridized carbons (Fsp3) is 0.545. The van der Waals surface area contributed by atoms with E-state index in [1.807, 2.05) is 6.07 Å². The van der Waals surface area contributed by atoms with Crippen LogP contribution in [0.1, 0.15) is 31.9 Å². The summed E-state index contributed by atoms with van der Waals surface area (Å²) in [6.07, 6.45) is 1.18. The molecule has 0 spiro atoms. The molecular weight excluding hydrogens is 386 g/mol. The number of methoxy groups -OCH3 is 3. The number of piperidine rings is 1. The number of amides is 2. The van der Waals surface area contributed by atoms with E-state index in [-0.39, 0.29) is 6.03 Å². The molecule has 2 N–H and O–H groups in total. The summed E-state index contributed by atoms with van der Waals surface area (Å²) in [4.78, 5) is 27.5. The second kappa shape index (κ2) is 9.38. The maximum Gasteiger partial charge on any atom is 0.338 e. The molecule has 2 heterocycles. The summed E-state index contributed by atoms with van der Waals surface area (Å²) in [5.74, 6) is 1.74. The third-order valence-corrected chi connectivity index (χ3v) is 5.63. The molecule has 0 radical (unpaired) electrons. The van der Waals surface area contributed by atoms with Crippen molar-refractivity contribution in [3.05, 3.63) is 35.0 Å². The van der Waals surface area contributed by atoms with Crippen molar-refractivity contribution in [2.24, 2.45) is 11.8 Å². The number of hydrogen-bond acceptors (Lipinski definition) is 6. The van der Waals surface area contributed by atoms with Crippen molar-refractivity contribution in [3.8, 4) is 11.5 Å². The number of nitrogens with zero attached hydrogens (tertiary/aromatic N) is 1. The summed E-state index contributed by atoms with van der Waals surface area (Å²) >= 11 is 0. The highest BCUT2D eigenvalue weighted by Gasteiger charge is 2.35. The Balaban J connectivity index is 2.00. The van der Waals surface area contributed by atoms with E-state index >= 15 is 0 Å². The number of likely N-dealkylation sites (tertiary alicyclic amines) is 1. The predicted octanol–water partition coefficient (Wildman–Crippen LogP) is 2.46. The molecule has 164 valence electrons. The van der Waals surface area contributed by atoms with Crippen LogP contribution in [0.25, 0.3) is 0 Å². The molecule has 3 atom stereocenters. The zero-order valence-electron chi connectivity index (χ0n) is 18.3. The van der Waals surface area contributed by atoms with E-state index in [0.29, 0.717) is 46.7 Å². The first kappa shape index (κ1) is 22.0. The number of benzene rings is 1. The van der Waals surface area contributed by atoms with Gasteiger partial charge >= 0.3 is 12.0 Å². The van der Waals surface area contributed by atoms with Crippen molar-refractivity contribution < 1.29 is 23.8 Å². The topological polar surface area (TPSA) is 89.1 Å². The highest BCUT2D eigenvalue weighted by atomic mass is 16.5. The Morgan fingerprint density at radius 1 is 1.10 bits per heavy atom. The molecule has 2 aliphatic rings. The van der Waals surface area contributed by atoms with Crippen molar-refractivity contribution in [1.29, 1.82) is 0 Å². The number of rotatable bonds is 6. The molecule has 30 heavy (non-hydrogen) atoms. The number of urea groups is 1. The molecule has 1 aromatic carbocycles. The van der Waals surface area contributed by atoms with E-state index in [2.05, 4.69) is 29.4 Å². The van der Waals surface area contributed by atoms with Gasteiger partial charge in [0.2, 0.25) is 0 Å². The number of esters is 1. The number of nitrogens with one attached hydrogen (secondary N) is 2. The van der Waals surface area contributed by atoms with Gasteiger partial charge in [-0.3, -0.25) is 4.90 Å². The van der Waals surface area contributed by atoms with Crippen molar-refractivity contribution in [1.82, 2.24) is 15.5 Å². The van der Waals surface area contributed by atoms with E-state index in [1.165, 1.54) is 13.5 Å². The van der Waals surface area contributed by atoms with Gasteiger partial charge in [0.15, 0.2) is 11.5 Å². The van der Waals surface area contributed by atoms with E-state index < -0.39 is 12.0 Å². The largest absolute Gasteiger partial charge is 0.493 e. The van der Waals surface area contributed by atoms with Gasteiger partial charge in [0, 0.05) is 25.3 Å². The van der Waals surface area contributed by atoms with Gasteiger partial charge in [-0.25, -0.2) is 9.59 Å². The summed E-state index contributed by atoms with van der Waals surface area (Å²) in [5, 5.41) is 5.69. The number of ether oxygens (including phenoxy) is 3. The third kappa shape index (κ3) is 4.70. The van der Waals surface area contributed by atoms with Crippen molar-refractivity contribution in [2.45, 2.75) is 26.3 Å². The minimum Gasteiger partial charge on any atom is -0.493 e. The second-order valence-electron chi connectivity index (χ2n) is 8.17. The number of hydrogen-bond donors (Lipinski definition) is 2. The normalized spacial score (nSPS) is 24.7. The van der Waals surface area contributed by atoms with Crippen LogP contribution < -0.4 is 20.1 Å². The lowest BCUT2D eigenvalue weighted by atomic mass is 9.91. The maximum absolute atomic E-state index is 12.8. The van der Waals surface area contributed by atoms with E-state index in [1.54, 1.807) is 26.4 Å². The molecule has 0 aromatic heterocycles. The SMILES string of the molecule is COC(=O)C1=C(CN2C[C@@H](C)C[C@H](C)C2)NC(=O)N[C@H]1c1ccc(OC)c(OC)c1. The van der Waals surface area contributed by atoms with Gasteiger partial charge < -0.3 is 24.8 Å². The molecule has 8 heteroatoms. The molecule has 2 aliphatic heterocycles. The predicted molar refractivity (Wildman–Crippen MR) is 112 cm³/mol. The van der Waals surface area contributed by atoms with Crippen LogP contribution >= 0.6 is 0 Å². The van der Waals surface area contributed by atoms with Gasteiger partial charge in [-0.1, -0.05) is 19.9 Å². The summed E-state index contributed by atoms with van der Waals surface area (Å²) in [5.41, 5.74) is 1.68. The molecule has 0 aliphatic carbocycles. The smallest absolute Gasteiger partial charge is 0.338 e. The van der Waals surface area contributed by atoms with Gasteiger partial charge in [-0.15, -0.1) is 0 Å². The molecule has 1 aromatic rings. The lowest BCUT2D eigenvalue weighted by molar-refractivity contribution is -0.136. The Hall–Kier alpha value is -2.74. The van der Waals surface area contributed by atoms with Crippen LogP contribution in [0.5, 0.6) is 11.5 Å². The van der Waals surface area contributed by atoms with Crippen LogP contribution in [0, 0.1) is 11.8 Å². The fourth-order valence-corrected chi connectivity index (χ4v) is 4.52. The summed E-state index contributed by atoms with van der Waals surface area (Å²) < 4.78 is 15.8. The zero-order valence-corrected chi connectivity index (χ0v) is 18.3. The highest BCUT2D eigenvalue weighted by molar-refractivity contribution is 5.95. The maximum atomic E-state index is 12.8. The lowest BCUT2D eigenvalue weighted by Crippen LogP contribution is -2.50. The minimum absolute atomic E-state index is 0.351. The third-order valence-electron chi connectivity index (χ3n) is 5.63. The van der Waals surface area contributed by atoms with Crippen molar-refractivity contribution in [3.63, 3.8) is 0 Å². The van der Waals surface area contributed by atoms with Crippen LogP contribution in [-0.4, -0.2) is 57.9 Å². The van der Waals surface area contributed by atoms with Crippen LogP contribution in [0.2, 0.25) is 0 Å². The monoisotopic (exact) mass is 417 g/mol. The highest BCUT2D eigenvalue weighted by Crippen LogP contribution is 2.35. The molecule has 1 saturated heterocycles. The summed E-state index contributed by atoms with van der Waals surface area (Å²) in [7, 11) is 4.45. The van der Waals surface area contributed by atoms with Gasteiger partial charge in [0.25, 0.3) is 0 Å². The second-order valence-corrected chi connectivity index (χ2v) is 8.17. The Morgan fingerprint density at radius 2 is 1.77 bits per heavy atom. The average Bonchev–Trinajstić information content (AvgIpc) is 2.71. The van der Waals surface area contributed by atoms with E-state index in [9.17, 15) is 9.59 Å². The Morgan fingerprint density at radius 3 is 2.37 bits per heavy atom. The van der Waals surface area contributed by atoms with Gasteiger partial charge in [0.1, 0.15) is 0 Å². The molecule has 8 nitrogen and oxygen atoms in total. The zero-order chi connectivity index (χ0) is 21.8. The van der Waals surface area contributed by atoms with Gasteiger partial charge in [-0.2, -0.15) is 0 Å². The average molecular weight is 418 g/mol. The van der Waals surface area contributed by atoms with Crippen LogP contribution in [0.3, 0.4) is 0 Å². The van der Waals surface area contributed by atoms with Crippen LogP contribution in [-0.2, 0) is 9.53 Å². The molecule has 3 rings (SSSR count). The Bertz CT molecular complexity index is 828. The van der Waals surface area contributed by atoms with Gasteiger partial charge in [-0.05, 0) is 36.0 Å². The molecular formula is C22H31N3O5. The fourth-order valence-electron chi connectivity index (χ4n) is 4.52. The lowest BCUT2D eigenvalue weighted by Gasteiger charge is -2.37. The number of carbonyl (C=O) groups excluding carboxylic acids is 2. The molecule has 2 amide bonds. The van der Waals surface area contributed by atoms with Crippen molar-refractivity contribution >= 4 is 12.0 Å². The minimum atomic E-state index is -0.652. The summed E-state index contributed by atoms with van der Waals surface area (Å²) in [6.45, 7) is 6.78.